The number of hydrogen-bond acceptors (Lipinski definition) is 7. The SMILES string of the molecule is COC[C@H]1S[C@@H](n2cnc(N)nc2=O)C[C@H]1O. The molecule has 94 valence electrons. The lowest BCUT2D eigenvalue weighted by Crippen LogP contribution is -2.26. The fraction of sp³-hybridized carbons (Fsp3) is 0.667. The molecule has 0 saturated carbocycles. The third-order valence-corrected chi connectivity index (χ3v) is 4.12. The first-order chi connectivity index (χ1) is 8.11. The van der Waals surface area contributed by atoms with Gasteiger partial charge >= 0.3 is 5.69 Å². The van der Waals surface area contributed by atoms with Crippen molar-refractivity contribution in [2.75, 3.05) is 19.5 Å². The van der Waals surface area contributed by atoms with Gasteiger partial charge in [0, 0.05) is 13.5 Å². The van der Waals surface area contributed by atoms with E-state index in [4.69, 9.17) is 10.5 Å². The smallest absolute Gasteiger partial charge is 0.353 e. The number of aliphatic hydroxyl groups excluding tert-OH is 1. The number of methoxy groups -OCH3 is 1. The number of thioether (sulfide) groups is 1. The van der Waals surface area contributed by atoms with Crippen LogP contribution in [0.2, 0.25) is 0 Å². The van der Waals surface area contributed by atoms with Crippen molar-refractivity contribution in [3.8, 4) is 0 Å². The summed E-state index contributed by atoms with van der Waals surface area (Å²) in [6.45, 7) is 0.451. The minimum Gasteiger partial charge on any atom is -0.392 e. The van der Waals surface area contributed by atoms with Crippen LogP contribution in [-0.4, -0.2) is 44.7 Å². The summed E-state index contributed by atoms with van der Waals surface area (Å²) in [5, 5.41) is 9.61. The van der Waals surface area contributed by atoms with Crippen molar-refractivity contribution in [3.05, 3.63) is 16.8 Å². The van der Waals surface area contributed by atoms with E-state index in [2.05, 4.69) is 9.97 Å². The molecule has 0 unspecified atom stereocenters. The highest BCUT2D eigenvalue weighted by molar-refractivity contribution is 8.00. The molecule has 0 bridgehead atoms. The van der Waals surface area contributed by atoms with E-state index in [1.807, 2.05) is 0 Å². The zero-order valence-corrected chi connectivity index (χ0v) is 10.1. The van der Waals surface area contributed by atoms with Gasteiger partial charge in [-0.25, -0.2) is 9.78 Å². The van der Waals surface area contributed by atoms with Gasteiger partial charge in [-0.2, -0.15) is 4.98 Å². The predicted molar refractivity (Wildman–Crippen MR) is 63.6 cm³/mol. The third-order valence-electron chi connectivity index (χ3n) is 2.59. The van der Waals surface area contributed by atoms with Crippen LogP contribution in [-0.2, 0) is 4.74 Å². The van der Waals surface area contributed by atoms with Gasteiger partial charge < -0.3 is 15.6 Å². The van der Waals surface area contributed by atoms with Crippen LogP contribution >= 0.6 is 11.8 Å². The molecule has 1 fully saturated rings. The molecule has 7 nitrogen and oxygen atoms in total. The highest BCUT2D eigenvalue weighted by Gasteiger charge is 2.35. The lowest BCUT2D eigenvalue weighted by atomic mass is 10.2. The Balaban J connectivity index is 2.17. The first-order valence-corrected chi connectivity index (χ1v) is 6.09. The summed E-state index contributed by atoms with van der Waals surface area (Å²) in [6, 6.07) is 0. The van der Waals surface area contributed by atoms with Gasteiger partial charge in [0.2, 0.25) is 5.95 Å². The van der Waals surface area contributed by atoms with Crippen LogP contribution in [0.1, 0.15) is 11.8 Å². The van der Waals surface area contributed by atoms with Crippen molar-refractivity contribution in [1.82, 2.24) is 14.5 Å². The maximum atomic E-state index is 11.6. The molecule has 1 aliphatic heterocycles. The van der Waals surface area contributed by atoms with Gasteiger partial charge in [-0.15, -0.1) is 11.8 Å². The first-order valence-electron chi connectivity index (χ1n) is 5.15. The largest absolute Gasteiger partial charge is 0.392 e. The average molecular weight is 258 g/mol. The highest BCUT2D eigenvalue weighted by atomic mass is 32.2. The zero-order chi connectivity index (χ0) is 12.4. The summed E-state index contributed by atoms with van der Waals surface area (Å²) in [5.74, 6) is -0.0387. The van der Waals surface area contributed by atoms with Crippen LogP contribution in [0.5, 0.6) is 0 Å². The van der Waals surface area contributed by atoms with Crippen molar-refractivity contribution >= 4 is 17.7 Å². The third kappa shape index (κ3) is 2.59. The molecule has 0 aromatic carbocycles. The maximum absolute atomic E-state index is 11.6. The first kappa shape index (κ1) is 12.3. The number of aliphatic hydroxyl groups is 1. The van der Waals surface area contributed by atoms with Crippen molar-refractivity contribution < 1.29 is 9.84 Å². The number of anilines is 1. The second kappa shape index (κ2) is 5.03. The van der Waals surface area contributed by atoms with Gasteiger partial charge in [0.1, 0.15) is 6.33 Å². The monoisotopic (exact) mass is 258 g/mol. The van der Waals surface area contributed by atoms with E-state index in [1.54, 1.807) is 7.11 Å². The van der Waals surface area contributed by atoms with E-state index in [0.717, 1.165) is 0 Å². The normalized spacial score (nSPS) is 28.5. The number of hydrogen-bond donors (Lipinski definition) is 2. The number of nitrogens with zero attached hydrogens (tertiary/aromatic N) is 3. The average Bonchev–Trinajstić information content (AvgIpc) is 2.60. The van der Waals surface area contributed by atoms with Crippen molar-refractivity contribution in [3.63, 3.8) is 0 Å². The van der Waals surface area contributed by atoms with Crippen molar-refractivity contribution in [2.45, 2.75) is 23.1 Å². The number of nitrogens with two attached hydrogens (primary N) is 1. The molecule has 0 spiro atoms. The summed E-state index contributed by atoms with van der Waals surface area (Å²) in [4.78, 5) is 18.9. The van der Waals surface area contributed by atoms with E-state index in [9.17, 15) is 9.90 Å². The Labute approximate surface area is 102 Å². The van der Waals surface area contributed by atoms with Crippen molar-refractivity contribution in [2.24, 2.45) is 0 Å². The summed E-state index contributed by atoms with van der Waals surface area (Å²) in [6.07, 6.45) is 1.35. The van der Waals surface area contributed by atoms with Gasteiger partial charge in [0.05, 0.1) is 23.3 Å². The molecule has 0 aliphatic carbocycles. The molecule has 8 heteroatoms. The van der Waals surface area contributed by atoms with E-state index in [1.165, 1.54) is 22.7 Å². The summed E-state index contributed by atoms with van der Waals surface area (Å²) >= 11 is 1.48. The maximum Gasteiger partial charge on any atom is 0.353 e. The molecule has 17 heavy (non-hydrogen) atoms. The molecule has 0 radical (unpaired) electrons. The minimum absolute atomic E-state index is 0.0329. The Bertz CT molecular complexity index is 452. The molecule has 2 heterocycles. The number of aromatic nitrogens is 3. The van der Waals surface area contributed by atoms with Gasteiger partial charge in [-0.3, -0.25) is 4.57 Å². The molecular formula is C9H14N4O3S. The lowest BCUT2D eigenvalue weighted by molar-refractivity contribution is 0.116. The number of rotatable bonds is 3. The Morgan fingerprint density at radius 3 is 3.18 bits per heavy atom. The fourth-order valence-corrected chi connectivity index (χ4v) is 3.25. The highest BCUT2D eigenvalue weighted by Crippen LogP contribution is 2.40. The molecule has 1 aromatic heterocycles. The predicted octanol–water partition coefficient (Wildman–Crippen LogP) is -0.768. The Hall–Kier alpha value is -1.12. The quantitative estimate of drug-likeness (QED) is 0.733. The number of ether oxygens (including phenoxy) is 1. The van der Waals surface area contributed by atoms with Crippen LogP contribution in [0.25, 0.3) is 0 Å². The Morgan fingerprint density at radius 2 is 2.53 bits per heavy atom. The molecule has 1 aromatic rings. The topological polar surface area (TPSA) is 103 Å². The molecule has 1 saturated heterocycles. The standard InChI is InChI=1S/C9H14N4O3S/c1-16-3-6-5(14)2-7(17-6)13-4-11-8(10)12-9(13)15/h4-7,14H,2-3H2,1H3,(H2,10,12,15)/t5-,6-,7-/m1/s1. The summed E-state index contributed by atoms with van der Waals surface area (Å²) < 4.78 is 6.40. The van der Waals surface area contributed by atoms with Crippen molar-refractivity contribution in [1.29, 1.82) is 0 Å². The Kier molecular flexibility index (Phi) is 3.65. The molecule has 2 rings (SSSR count). The van der Waals surface area contributed by atoms with Gasteiger partial charge in [-0.1, -0.05) is 0 Å². The van der Waals surface area contributed by atoms with Crippen LogP contribution in [0, 0.1) is 0 Å². The van der Waals surface area contributed by atoms with Crippen LogP contribution < -0.4 is 11.4 Å². The molecule has 3 atom stereocenters. The second-order valence-corrected chi connectivity index (χ2v) is 5.21. The molecule has 3 N–H and O–H groups in total. The molecular weight excluding hydrogens is 244 g/mol. The minimum atomic E-state index is -0.491. The second-order valence-electron chi connectivity index (χ2n) is 3.79. The fourth-order valence-electron chi connectivity index (χ4n) is 1.75. The molecule has 1 aliphatic rings. The molecule has 0 amide bonds. The zero-order valence-electron chi connectivity index (χ0n) is 9.31. The lowest BCUT2D eigenvalue weighted by Gasteiger charge is -2.12. The van der Waals surface area contributed by atoms with E-state index in [0.29, 0.717) is 13.0 Å². The van der Waals surface area contributed by atoms with Crippen LogP contribution in [0.3, 0.4) is 0 Å². The summed E-state index contributed by atoms with van der Waals surface area (Å²) in [5.41, 5.74) is 4.87. The van der Waals surface area contributed by atoms with E-state index < -0.39 is 11.8 Å². The van der Waals surface area contributed by atoms with E-state index >= 15 is 0 Å². The summed E-state index contributed by atoms with van der Waals surface area (Å²) in [7, 11) is 1.58. The van der Waals surface area contributed by atoms with Gasteiger partial charge in [0.15, 0.2) is 0 Å². The van der Waals surface area contributed by atoms with Gasteiger partial charge in [0.25, 0.3) is 0 Å². The number of nitrogen functional groups attached to an aromatic ring is 1. The van der Waals surface area contributed by atoms with Crippen LogP contribution in [0.4, 0.5) is 5.95 Å². The van der Waals surface area contributed by atoms with Gasteiger partial charge in [-0.05, 0) is 0 Å². The Morgan fingerprint density at radius 1 is 1.76 bits per heavy atom. The van der Waals surface area contributed by atoms with E-state index in [-0.39, 0.29) is 16.6 Å². The van der Waals surface area contributed by atoms with Crippen LogP contribution in [0.15, 0.2) is 11.1 Å².